The maximum absolute atomic E-state index is 11.9. The molecule has 0 aliphatic heterocycles. The molecule has 1 aromatic rings. The van der Waals surface area contributed by atoms with E-state index in [4.69, 9.17) is 5.11 Å². The van der Waals surface area contributed by atoms with E-state index in [1.807, 2.05) is 19.1 Å². The number of carboxylic acid groups (broad SMARTS) is 1. The topological polar surface area (TPSA) is 108 Å². The Hall–Kier alpha value is -2.57. The van der Waals surface area contributed by atoms with Gasteiger partial charge < -0.3 is 21.1 Å². The van der Waals surface area contributed by atoms with Gasteiger partial charge in [-0.3, -0.25) is 9.59 Å². The molecule has 1 fully saturated rings. The maximum Gasteiger partial charge on any atom is 0.315 e. The minimum Gasteiger partial charge on any atom is -0.481 e. The summed E-state index contributed by atoms with van der Waals surface area (Å²) in [6.45, 7) is 2.62. The third-order valence-corrected chi connectivity index (χ3v) is 4.42. The van der Waals surface area contributed by atoms with Crippen LogP contribution in [0.15, 0.2) is 24.3 Å². The Morgan fingerprint density at radius 3 is 2.20 bits per heavy atom. The third kappa shape index (κ3) is 6.10. The average Bonchev–Trinajstić information content (AvgIpc) is 2.59. The van der Waals surface area contributed by atoms with Gasteiger partial charge in [0.05, 0.1) is 5.92 Å². The standard InChI is InChI=1S/C18H25N3O4/c1-12-2-4-13(5-3-12)16(22)19-10-11-20-18(25)21-15-8-6-14(7-9-15)17(23)24/h2-5,14-15H,6-11H2,1H3,(H,19,22)(H,23,24)(H2,20,21,25). The van der Waals surface area contributed by atoms with Crippen molar-refractivity contribution in [2.24, 2.45) is 5.92 Å². The molecule has 3 amide bonds. The summed E-state index contributed by atoms with van der Waals surface area (Å²) in [5, 5.41) is 17.3. The molecule has 7 nitrogen and oxygen atoms in total. The molecular formula is C18H25N3O4. The van der Waals surface area contributed by atoms with Crippen molar-refractivity contribution in [3.63, 3.8) is 0 Å². The van der Waals surface area contributed by atoms with Crippen molar-refractivity contribution in [1.82, 2.24) is 16.0 Å². The number of hydrogen-bond acceptors (Lipinski definition) is 3. The van der Waals surface area contributed by atoms with Crippen LogP contribution in [-0.2, 0) is 4.79 Å². The molecule has 1 saturated carbocycles. The Kier molecular flexibility index (Phi) is 6.80. The van der Waals surface area contributed by atoms with Crippen molar-refractivity contribution in [3.05, 3.63) is 35.4 Å². The number of rotatable bonds is 6. The molecule has 7 heteroatoms. The van der Waals surface area contributed by atoms with Gasteiger partial charge in [0.1, 0.15) is 0 Å². The summed E-state index contributed by atoms with van der Waals surface area (Å²) in [6, 6.07) is 7.00. The first-order valence-corrected chi connectivity index (χ1v) is 8.57. The van der Waals surface area contributed by atoms with E-state index in [1.54, 1.807) is 12.1 Å². The summed E-state index contributed by atoms with van der Waals surface area (Å²) in [5.41, 5.74) is 1.68. The number of hydrogen-bond donors (Lipinski definition) is 4. The van der Waals surface area contributed by atoms with E-state index in [0.29, 0.717) is 44.3 Å². The Labute approximate surface area is 147 Å². The van der Waals surface area contributed by atoms with Gasteiger partial charge in [-0.05, 0) is 44.7 Å². The summed E-state index contributed by atoms with van der Waals surface area (Å²) in [7, 11) is 0. The first-order valence-electron chi connectivity index (χ1n) is 8.57. The van der Waals surface area contributed by atoms with Gasteiger partial charge in [-0.1, -0.05) is 17.7 Å². The van der Waals surface area contributed by atoms with E-state index >= 15 is 0 Å². The molecule has 1 aromatic carbocycles. The molecule has 2 rings (SSSR count). The lowest BCUT2D eigenvalue weighted by atomic mass is 9.86. The van der Waals surface area contributed by atoms with Crippen LogP contribution in [0.3, 0.4) is 0 Å². The summed E-state index contributed by atoms with van der Waals surface area (Å²) in [6.07, 6.45) is 2.53. The van der Waals surface area contributed by atoms with E-state index in [2.05, 4.69) is 16.0 Å². The minimum atomic E-state index is -0.757. The Morgan fingerprint density at radius 2 is 1.60 bits per heavy atom. The van der Waals surface area contributed by atoms with Crippen LogP contribution in [-0.4, -0.2) is 42.1 Å². The van der Waals surface area contributed by atoms with Crippen LogP contribution < -0.4 is 16.0 Å². The second-order valence-corrected chi connectivity index (χ2v) is 6.41. The number of carboxylic acids is 1. The lowest BCUT2D eigenvalue weighted by molar-refractivity contribution is -0.142. The number of amides is 3. The van der Waals surface area contributed by atoms with Crippen molar-refractivity contribution < 1.29 is 19.5 Å². The average molecular weight is 347 g/mol. The molecule has 1 aliphatic carbocycles. The van der Waals surface area contributed by atoms with Crippen LogP contribution in [0, 0.1) is 12.8 Å². The Balaban J connectivity index is 1.60. The Morgan fingerprint density at radius 1 is 1.00 bits per heavy atom. The second kappa shape index (κ2) is 9.05. The highest BCUT2D eigenvalue weighted by atomic mass is 16.4. The van der Waals surface area contributed by atoms with Crippen LogP contribution in [0.4, 0.5) is 4.79 Å². The third-order valence-electron chi connectivity index (χ3n) is 4.42. The molecule has 136 valence electrons. The lowest BCUT2D eigenvalue weighted by Gasteiger charge is -2.26. The van der Waals surface area contributed by atoms with Crippen molar-refractivity contribution in [2.45, 2.75) is 38.6 Å². The van der Waals surface area contributed by atoms with Gasteiger partial charge in [0, 0.05) is 24.7 Å². The molecule has 0 unspecified atom stereocenters. The van der Waals surface area contributed by atoms with Crippen molar-refractivity contribution in [1.29, 1.82) is 0 Å². The first kappa shape index (κ1) is 18.8. The smallest absolute Gasteiger partial charge is 0.315 e. The zero-order valence-electron chi connectivity index (χ0n) is 14.4. The summed E-state index contributed by atoms with van der Waals surface area (Å²) < 4.78 is 0. The number of aliphatic carboxylic acids is 1. The summed E-state index contributed by atoms with van der Waals surface area (Å²) in [5.74, 6) is -1.22. The van der Waals surface area contributed by atoms with Crippen LogP contribution >= 0.6 is 0 Å². The van der Waals surface area contributed by atoms with E-state index in [9.17, 15) is 14.4 Å². The van der Waals surface area contributed by atoms with Crippen LogP contribution in [0.5, 0.6) is 0 Å². The van der Waals surface area contributed by atoms with Crippen molar-refractivity contribution in [2.75, 3.05) is 13.1 Å². The highest BCUT2D eigenvalue weighted by Gasteiger charge is 2.26. The lowest BCUT2D eigenvalue weighted by Crippen LogP contribution is -2.46. The summed E-state index contributed by atoms with van der Waals surface area (Å²) >= 11 is 0. The van der Waals surface area contributed by atoms with Crippen LogP contribution in [0.1, 0.15) is 41.6 Å². The fraction of sp³-hybridized carbons (Fsp3) is 0.500. The summed E-state index contributed by atoms with van der Waals surface area (Å²) in [4.78, 5) is 34.6. The molecular weight excluding hydrogens is 322 g/mol. The molecule has 0 atom stereocenters. The van der Waals surface area contributed by atoms with E-state index in [0.717, 1.165) is 5.56 Å². The van der Waals surface area contributed by atoms with Gasteiger partial charge in [-0.25, -0.2) is 4.79 Å². The largest absolute Gasteiger partial charge is 0.481 e. The molecule has 0 saturated heterocycles. The number of carbonyl (C=O) groups is 3. The fourth-order valence-electron chi connectivity index (χ4n) is 2.88. The molecule has 0 radical (unpaired) electrons. The van der Waals surface area contributed by atoms with Crippen LogP contribution in [0.25, 0.3) is 0 Å². The molecule has 0 bridgehead atoms. The zero-order valence-corrected chi connectivity index (χ0v) is 14.4. The van der Waals surface area contributed by atoms with Gasteiger partial charge in [-0.15, -0.1) is 0 Å². The Bertz CT molecular complexity index is 607. The molecule has 25 heavy (non-hydrogen) atoms. The normalized spacial score (nSPS) is 19.7. The van der Waals surface area contributed by atoms with E-state index in [1.165, 1.54) is 0 Å². The number of urea groups is 1. The van der Waals surface area contributed by atoms with Gasteiger partial charge in [0.15, 0.2) is 0 Å². The molecule has 1 aliphatic rings. The predicted octanol–water partition coefficient (Wildman–Crippen LogP) is 1.67. The number of carbonyl (C=O) groups excluding carboxylic acids is 2. The minimum absolute atomic E-state index is 0.0118. The highest BCUT2D eigenvalue weighted by Crippen LogP contribution is 2.24. The quantitative estimate of drug-likeness (QED) is 0.587. The highest BCUT2D eigenvalue weighted by molar-refractivity contribution is 5.94. The van der Waals surface area contributed by atoms with Crippen molar-refractivity contribution in [3.8, 4) is 0 Å². The van der Waals surface area contributed by atoms with Gasteiger partial charge in [-0.2, -0.15) is 0 Å². The number of aryl methyl sites for hydroxylation is 1. The zero-order chi connectivity index (χ0) is 18.2. The second-order valence-electron chi connectivity index (χ2n) is 6.41. The van der Waals surface area contributed by atoms with E-state index in [-0.39, 0.29) is 23.9 Å². The van der Waals surface area contributed by atoms with E-state index < -0.39 is 5.97 Å². The van der Waals surface area contributed by atoms with Gasteiger partial charge in [0.2, 0.25) is 0 Å². The molecule has 0 aromatic heterocycles. The van der Waals surface area contributed by atoms with Crippen LogP contribution in [0.2, 0.25) is 0 Å². The fourth-order valence-corrected chi connectivity index (χ4v) is 2.88. The SMILES string of the molecule is Cc1ccc(C(=O)NCCNC(=O)NC2CCC(C(=O)O)CC2)cc1. The molecule has 0 spiro atoms. The number of benzene rings is 1. The van der Waals surface area contributed by atoms with Gasteiger partial charge in [0.25, 0.3) is 5.91 Å². The molecule has 4 N–H and O–H groups in total. The van der Waals surface area contributed by atoms with Gasteiger partial charge >= 0.3 is 12.0 Å². The molecule has 0 heterocycles. The monoisotopic (exact) mass is 347 g/mol. The first-order chi connectivity index (χ1) is 12.0. The number of nitrogens with one attached hydrogen (secondary N) is 3. The van der Waals surface area contributed by atoms with Crippen molar-refractivity contribution >= 4 is 17.9 Å². The predicted molar refractivity (Wildman–Crippen MR) is 93.4 cm³/mol. The maximum atomic E-state index is 11.9.